The smallest absolute Gasteiger partial charge is 0.224 e. The van der Waals surface area contributed by atoms with Crippen molar-refractivity contribution < 1.29 is 5.11 Å². The first-order valence-electron chi connectivity index (χ1n) is 12.5. The van der Waals surface area contributed by atoms with Crippen LogP contribution in [0, 0.1) is 0 Å². The van der Waals surface area contributed by atoms with Crippen molar-refractivity contribution in [3.8, 4) is 11.3 Å². The van der Waals surface area contributed by atoms with E-state index in [1.54, 1.807) is 0 Å². The molecule has 0 atom stereocenters. The Morgan fingerprint density at radius 2 is 1.85 bits per heavy atom. The molecule has 3 heterocycles. The fourth-order valence-electron chi connectivity index (χ4n) is 4.51. The molecule has 1 saturated heterocycles. The molecule has 2 fully saturated rings. The summed E-state index contributed by atoms with van der Waals surface area (Å²) in [7, 11) is 2.18. The van der Waals surface area contributed by atoms with Gasteiger partial charge in [0.15, 0.2) is 0 Å². The molecule has 0 unspecified atom stereocenters. The number of aromatic nitrogens is 3. The number of hydrogen-bond donors (Lipinski definition) is 3. The zero-order valence-corrected chi connectivity index (χ0v) is 20.1. The first kappa shape index (κ1) is 23.9. The topological polar surface area (TPSA) is 89.4 Å². The fraction of sp³-hybridized carbons (Fsp3) is 0.640. The number of aliphatic hydroxyl groups excluding tert-OH is 1. The van der Waals surface area contributed by atoms with Gasteiger partial charge in [0.25, 0.3) is 0 Å². The van der Waals surface area contributed by atoms with E-state index in [2.05, 4.69) is 51.5 Å². The monoisotopic (exact) mass is 453 g/mol. The van der Waals surface area contributed by atoms with Gasteiger partial charge in [-0.15, -0.1) is 0 Å². The number of unbranched alkanes of at least 4 members (excludes halogenated alkanes) is 1. The van der Waals surface area contributed by atoms with E-state index in [1.165, 1.54) is 0 Å². The van der Waals surface area contributed by atoms with E-state index in [1.807, 2.05) is 12.3 Å². The van der Waals surface area contributed by atoms with Crippen LogP contribution in [0.3, 0.4) is 0 Å². The lowest BCUT2D eigenvalue weighted by Gasteiger charge is -2.32. The lowest BCUT2D eigenvalue weighted by Crippen LogP contribution is -2.44. The molecule has 0 aromatic carbocycles. The molecule has 4 rings (SSSR count). The van der Waals surface area contributed by atoms with Gasteiger partial charge in [0, 0.05) is 51.5 Å². The molecule has 1 aliphatic carbocycles. The molecule has 2 aromatic rings. The summed E-state index contributed by atoms with van der Waals surface area (Å²) in [5.74, 6) is 1.48. The SMILES string of the molecule is CCCCNc1ncc(-c2cccc(CN3CCN(C)CC3)n2)c(N[C@H]2CC[C@H](O)CC2)n1. The van der Waals surface area contributed by atoms with Crippen molar-refractivity contribution in [2.24, 2.45) is 0 Å². The fourth-order valence-corrected chi connectivity index (χ4v) is 4.51. The molecule has 0 spiro atoms. The van der Waals surface area contributed by atoms with E-state index in [0.717, 1.165) is 101 Å². The maximum absolute atomic E-state index is 9.89. The summed E-state index contributed by atoms with van der Waals surface area (Å²) in [5, 5.41) is 16.9. The molecule has 2 aliphatic rings. The Labute approximate surface area is 197 Å². The van der Waals surface area contributed by atoms with Crippen LogP contribution in [0.25, 0.3) is 11.3 Å². The number of likely N-dealkylation sites (N-methyl/N-ethyl adjacent to an activating group) is 1. The Bertz CT molecular complexity index is 877. The lowest BCUT2D eigenvalue weighted by molar-refractivity contribution is 0.126. The average molecular weight is 454 g/mol. The zero-order chi connectivity index (χ0) is 23.0. The van der Waals surface area contributed by atoms with Crippen molar-refractivity contribution >= 4 is 11.8 Å². The second kappa shape index (κ2) is 11.7. The summed E-state index contributed by atoms with van der Waals surface area (Å²) in [5.41, 5.74) is 2.91. The minimum Gasteiger partial charge on any atom is -0.393 e. The minimum atomic E-state index is -0.174. The molecule has 0 bridgehead atoms. The number of pyridine rings is 1. The normalized spacial score (nSPS) is 22.3. The largest absolute Gasteiger partial charge is 0.393 e. The van der Waals surface area contributed by atoms with Gasteiger partial charge in [0.1, 0.15) is 5.82 Å². The van der Waals surface area contributed by atoms with E-state index in [-0.39, 0.29) is 6.10 Å². The van der Waals surface area contributed by atoms with Crippen molar-refractivity contribution in [2.75, 3.05) is 50.4 Å². The van der Waals surface area contributed by atoms with Gasteiger partial charge in [-0.3, -0.25) is 9.88 Å². The number of piperazine rings is 1. The maximum Gasteiger partial charge on any atom is 0.224 e. The highest BCUT2D eigenvalue weighted by Crippen LogP contribution is 2.29. The van der Waals surface area contributed by atoms with Crippen LogP contribution in [0.2, 0.25) is 0 Å². The number of aliphatic hydroxyl groups is 1. The molecule has 1 saturated carbocycles. The number of anilines is 2. The predicted molar refractivity (Wildman–Crippen MR) is 133 cm³/mol. The average Bonchev–Trinajstić information content (AvgIpc) is 2.83. The summed E-state index contributed by atoms with van der Waals surface area (Å²) >= 11 is 0. The second-order valence-corrected chi connectivity index (χ2v) is 9.48. The molecular formula is C25H39N7O. The van der Waals surface area contributed by atoms with Gasteiger partial charge in [-0.2, -0.15) is 4.98 Å². The molecule has 3 N–H and O–H groups in total. The van der Waals surface area contributed by atoms with Crippen molar-refractivity contribution in [2.45, 2.75) is 64.1 Å². The van der Waals surface area contributed by atoms with Crippen molar-refractivity contribution in [3.63, 3.8) is 0 Å². The molecule has 0 amide bonds. The van der Waals surface area contributed by atoms with E-state index < -0.39 is 0 Å². The van der Waals surface area contributed by atoms with Crippen LogP contribution >= 0.6 is 0 Å². The van der Waals surface area contributed by atoms with E-state index >= 15 is 0 Å². The summed E-state index contributed by atoms with van der Waals surface area (Å²) < 4.78 is 0. The van der Waals surface area contributed by atoms with Crippen molar-refractivity contribution in [1.29, 1.82) is 0 Å². The third-order valence-corrected chi connectivity index (χ3v) is 6.70. The maximum atomic E-state index is 9.89. The van der Waals surface area contributed by atoms with Crippen molar-refractivity contribution in [1.82, 2.24) is 24.8 Å². The Morgan fingerprint density at radius 3 is 2.61 bits per heavy atom. The lowest BCUT2D eigenvalue weighted by atomic mass is 9.93. The van der Waals surface area contributed by atoms with Crippen LogP contribution in [0.1, 0.15) is 51.1 Å². The summed E-state index contributed by atoms with van der Waals surface area (Å²) in [6.45, 7) is 8.26. The number of nitrogens with one attached hydrogen (secondary N) is 2. The van der Waals surface area contributed by atoms with Crippen LogP contribution < -0.4 is 10.6 Å². The molecule has 0 radical (unpaired) electrons. The second-order valence-electron chi connectivity index (χ2n) is 9.48. The highest BCUT2D eigenvalue weighted by molar-refractivity contribution is 5.73. The van der Waals surface area contributed by atoms with Gasteiger partial charge >= 0.3 is 0 Å². The third-order valence-electron chi connectivity index (χ3n) is 6.70. The van der Waals surface area contributed by atoms with Crippen LogP contribution in [0.4, 0.5) is 11.8 Å². The van der Waals surface area contributed by atoms with E-state index in [0.29, 0.717) is 12.0 Å². The number of nitrogens with zero attached hydrogens (tertiary/aromatic N) is 5. The Hall–Kier alpha value is -2.29. The predicted octanol–water partition coefficient (Wildman–Crippen LogP) is 3.21. The highest BCUT2D eigenvalue weighted by atomic mass is 16.3. The third kappa shape index (κ3) is 6.85. The molecule has 8 heteroatoms. The quantitative estimate of drug-likeness (QED) is 0.499. The van der Waals surface area contributed by atoms with Gasteiger partial charge in [-0.1, -0.05) is 19.4 Å². The minimum absolute atomic E-state index is 0.174. The number of hydrogen-bond acceptors (Lipinski definition) is 8. The van der Waals surface area contributed by atoms with Gasteiger partial charge in [0.05, 0.1) is 23.1 Å². The van der Waals surface area contributed by atoms with E-state index in [9.17, 15) is 5.11 Å². The molecule has 8 nitrogen and oxygen atoms in total. The Kier molecular flexibility index (Phi) is 8.47. The first-order valence-corrected chi connectivity index (χ1v) is 12.5. The van der Waals surface area contributed by atoms with Crippen LogP contribution in [0.15, 0.2) is 24.4 Å². The standard InChI is InChI=1S/C25H39N7O/c1-3-4-12-26-25-27-17-22(24(30-25)29-19-8-10-21(33)11-9-19)23-7-5-6-20(28-23)18-32-15-13-31(2)14-16-32/h5-7,17,19,21,33H,3-4,8-16,18H2,1-2H3,(H2,26,27,29,30)/t19-,21-. The number of rotatable bonds is 9. The summed E-state index contributed by atoms with van der Waals surface area (Å²) in [4.78, 5) is 19.3. The van der Waals surface area contributed by atoms with Gasteiger partial charge in [-0.05, 0) is 51.3 Å². The summed E-state index contributed by atoms with van der Waals surface area (Å²) in [6, 6.07) is 6.55. The molecule has 2 aromatic heterocycles. The van der Waals surface area contributed by atoms with Gasteiger partial charge in [0.2, 0.25) is 5.95 Å². The van der Waals surface area contributed by atoms with Crippen LogP contribution in [-0.4, -0.2) is 81.8 Å². The van der Waals surface area contributed by atoms with Gasteiger partial charge < -0.3 is 20.6 Å². The Balaban J connectivity index is 1.53. The first-order chi connectivity index (χ1) is 16.1. The zero-order valence-electron chi connectivity index (χ0n) is 20.1. The van der Waals surface area contributed by atoms with Crippen LogP contribution in [-0.2, 0) is 6.54 Å². The molecular weight excluding hydrogens is 414 g/mol. The summed E-state index contributed by atoms with van der Waals surface area (Å²) in [6.07, 6.45) is 7.49. The molecule has 180 valence electrons. The molecule has 33 heavy (non-hydrogen) atoms. The van der Waals surface area contributed by atoms with Crippen LogP contribution in [0.5, 0.6) is 0 Å². The Morgan fingerprint density at radius 1 is 1.06 bits per heavy atom. The molecule has 1 aliphatic heterocycles. The van der Waals surface area contributed by atoms with E-state index in [4.69, 9.17) is 9.97 Å². The van der Waals surface area contributed by atoms with Crippen molar-refractivity contribution in [3.05, 3.63) is 30.1 Å². The highest BCUT2D eigenvalue weighted by Gasteiger charge is 2.22. The van der Waals surface area contributed by atoms with Gasteiger partial charge in [-0.25, -0.2) is 4.98 Å².